The molecule has 8 nitrogen and oxygen atoms in total. The third-order valence-corrected chi connectivity index (χ3v) is 7.09. The third kappa shape index (κ3) is 4.24. The van der Waals surface area contributed by atoms with Gasteiger partial charge in [-0.2, -0.15) is 0 Å². The molecule has 1 aromatic carbocycles. The fourth-order valence-electron chi connectivity index (χ4n) is 2.81. The van der Waals surface area contributed by atoms with Crippen LogP contribution in [0.3, 0.4) is 0 Å². The molecule has 154 valence electrons. The molecule has 2 heterocycles. The minimum Gasteiger partial charge on any atom is -0.451 e. The molecule has 3 rings (SSSR count). The first kappa shape index (κ1) is 21.2. The number of aryl methyl sites for hydroxylation is 2. The minimum atomic E-state index is -3.69. The van der Waals surface area contributed by atoms with E-state index >= 15 is 0 Å². The van der Waals surface area contributed by atoms with E-state index in [1.54, 1.807) is 13.8 Å². The van der Waals surface area contributed by atoms with Crippen molar-refractivity contribution in [3.05, 3.63) is 56.4 Å². The molecule has 29 heavy (non-hydrogen) atoms. The van der Waals surface area contributed by atoms with E-state index in [9.17, 15) is 18.0 Å². The van der Waals surface area contributed by atoms with Crippen LogP contribution in [0.4, 0.5) is 0 Å². The van der Waals surface area contributed by atoms with Crippen LogP contribution in [0.5, 0.6) is 0 Å². The van der Waals surface area contributed by atoms with E-state index in [1.807, 2.05) is 13.8 Å². The molecule has 0 aliphatic carbocycles. The summed E-state index contributed by atoms with van der Waals surface area (Å²) >= 11 is 1.40. The second-order valence-electron chi connectivity index (χ2n) is 6.49. The Morgan fingerprint density at radius 2 is 2.07 bits per heavy atom. The molecule has 0 fully saturated rings. The van der Waals surface area contributed by atoms with Gasteiger partial charge in [0.2, 0.25) is 10.0 Å². The zero-order chi connectivity index (χ0) is 21.3. The van der Waals surface area contributed by atoms with Crippen LogP contribution in [0.15, 0.2) is 34.0 Å². The molecule has 2 N–H and O–H groups in total. The van der Waals surface area contributed by atoms with Crippen molar-refractivity contribution in [2.24, 2.45) is 0 Å². The van der Waals surface area contributed by atoms with Crippen LogP contribution in [0.1, 0.15) is 46.6 Å². The number of fused-ring (bicyclic) bond motifs is 1. The number of H-pyrrole nitrogens is 1. The van der Waals surface area contributed by atoms with Crippen LogP contribution < -0.4 is 10.3 Å². The highest BCUT2D eigenvalue weighted by Crippen LogP contribution is 2.27. The largest absolute Gasteiger partial charge is 0.451 e. The SMILES string of the molecule is CCNS(=O)(=O)c1cccc(C(=O)OC(C)c2nc3sc(C)c(C)c3c(=O)[nH]2)c1. The average molecular weight is 436 g/mol. The Balaban J connectivity index is 1.86. The van der Waals surface area contributed by atoms with Crippen LogP contribution in [0.25, 0.3) is 10.2 Å². The summed E-state index contributed by atoms with van der Waals surface area (Å²) in [7, 11) is -3.69. The summed E-state index contributed by atoms with van der Waals surface area (Å²) in [5.41, 5.74) is 0.684. The van der Waals surface area contributed by atoms with Gasteiger partial charge >= 0.3 is 5.97 Å². The van der Waals surface area contributed by atoms with Crippen molar-refractivity contribution in [1.29, 1.82) is 0 Å². The molecule has 0 amide bonds. The van der Waals surface area contributed by atoms with Crippen LogP contribution in [-0.4, -0.2) is 30.9 Å². The van der Waals surface area contributed by atoms with Crippen LogP contribution in [0, 0.1) is 13.8 Å². The molecule has 0 radical (unpaired) electrons. The smallest absolute Gasteiger partial charge is 0.338 e. The van der Waals surface area contributed by atoms with Gasteiger partial charge in [0, 0.05) is 11.4 Å². The van der Waals surface area contributed by atoms with Gasteiger partial charge in [-0.05, 0) is 44.5 Å². The lowest BCUT2D eigenvalue weighted by Gasteiger charge is -2.13. The Morgan fingerprint density at radius 3 is 2.76 bits per heavy atom. The molecule has 1 atom stereocenters. The summed E-state index contributed by atoms with van der Waals surface area (Å²) in [4.78, 5) is 33.6. The third-order valence-electron chi connectivity index (χ3n) is 4.44. The molecule has 2 aromatic heterocycles. The fraction of sp³-hybridized carbons (Fsp3) is 0.316. The minimum absolute atomic E-state index is 0.0288. The lowest BCUT2D eigenvalue weighted by Crippen LogP contribution is -2.23. The van der Waals surface area contributed by atoms with Gasteiger partial charge < -0.3 is 9.72 Å². The van der Waals surface area contributed by atoms with E-state index in [2.05, 4.69) is 14.7 Å². The second-order valence-corrected chi connectivity index (χ2v) is 9.46. The molecule has 0 aliphatic heterocycles. The number of ether oxygens (including phenoxy) is 1. The molecule has 0 saturated heterocycles. The first-order valence-electron chi connectivity index (χ1n) is 8.94. The van der Waals surface area contributed by atoms with Crippen molar-refractivity contribution in [3.8, 4) is 0 Å². The quantitative estimate of drug-likeness (QED) is 0.575. The maximum atomic E-state index is 12.5. The first-order chi connectivity index (χ1) is 13.6. The number of hydrogen-bond donors (Lipinski definition) is 2. The van der Waals surface area contributed by atoms with Gasteiger partial charge in [0.05, 0.1) is 15.8 Å². The highest BCUT2D eigenvalue weighted by Gasteiger charge is 2.21. The normalized spacial score (nSPS) is 12.8. The summed E-state index contributed by atoms with van der Waals surface area (Å²) in [6, 6.07) is 5.57. The molecule has 0 aliphatic rings. The Labute approximate surface area is 172 Å². The zero-order valence-electron chi connectivity index (χ0n) is 16.4. The second kappa shape index (κ2) is 8.05. The monoisotopic (exact) mass is 435 g/mol. The molecule has 10 heteroatoms. The average Bonchev–Trinajstić information content (AvgIpc) is 2.96. The number of benzene rings is 1. The van der Waals surface area contributed by atoms with Gasteiger partial charge in [0.1, 0.15) is 4.83 Å². The van der Waals surface area contributed by atoms with E-state index in [-0.39, 0.29) is 28.4 Å². The predicted molar refractivity (Wildman–Crippen MR) is 111 cm³/mol. The number of aromatic amines is 1. The summed E-state index contributed by atoms with van der Waals surface area (Å²) < 4.78 is 32.0. The molecule has 0 spiro atoms. The number of carbonyl (C=O) groups excluding carboxylic acids is 1. The summed E-state index contributed by atoms with van der Waals surface area (Å²) in [6.45, 7) is 7.27. The van der Waals surface area contributed by atoms with Gasteiger partial charge in [-0.25, -0.2) is 22.9 Å². The lowest BCUT2D eigenvalue weighted by atomic mass is 10.2. The van der Waals surface area contributed by atoms with Crippen molar-refractivity contribution in [2.45, 2.75) is 38.7 Å². The molecular weight excluding hydrogens is 414 g/mol. The lowest BCUT2D eigenvalue weighted by molar-refractivity contribution is 0.0320. The highest BCUT2D eigenvalue weighted by molar-refractivity contribution is 7.89. The van der Waals surface area contributed by atoms with Crippen LogP contribution >= 0.6 is 11.3 Å². The van der Waals surface area contributed by atoms with E-state index in [0.29, 0.717) is 10.2 Å². The van der Waals surface area contributed by atoms with E-state index < -0.39 is 22.1 Å². The number of nitrogens with one attached hydrogen (secondary N) is 2. The topological polar surface area (TPSA) is 118 Å². The molecular formula is C19H21N3O5S2. The fourth-order valence-corrected chi connectivity index (χ4v) is 4.94. The summed E-state index contributed by atoms with van der Waals surface area (Å²) in [6.07, 6.45) is -0.823. The number of esters is 1. The van der Waals surface area contributed by atoms with E-state index in [0.717, 1.165) is 10.4 Å². The Morgan fingerprint density at radius 1 is 1.34 bits per heavy atom. The highest BCUT2D eigenvalue weighted by atomic mass is 32.2. The standard InChI is InChI=1S/C19H21N3O5S2/c1-5-20-29(25,26)14-8-6-7-13(9-14)19(24)27-11(3)16-21-17(23)15-10(2)12(4)28-18(15)22-16/h6-9,11,20H,5H2,1-4H3,(H,21,22,23). The molecule has 0 saturated carbocycles. The van der Waals surface area contributed by atoms with Gasteiger partial charge in [0.15, 0.2) is 11.9 Å². The number of rotatable bonds is 6. The summed E-state index contributed by atoms with van der Waals surface area (Å²) in [5, 5.41) is 0.538. The number of thiophene rings is 1. The number of hydrogen-bond acceptors (Lipinski definition) is 7. The molecule has 1 unspecified atom stereocenters. The van der Waals surface area contributed by atoms with E-state index in [4.69, 9.17) is 4.74 Å². The van der Waals surface area contributed by atoms with Gasteiger partial charge in [-0.15, -0.1) is 11.3 Å². The van der Waals surface area contributed by atoms with Gasteiger partial charge in [-0.1, -0.05) is 13.0 Å². The Hall–Kier alpha value is -2.56. The number of carbonyl (C=O) groups is 1. The number of nitrogens with zero attached hydrogens (tertiary/aromatic N) is 1. The van der Waals surface area contributed by atoms with Crippen LogP contribution in [0.2, 0.25) is 0 Å². The van der Waals surface area contributed by atoms with Crippen molar-refractivity contribution < 1.29 is 17.9 Å². The van der Waals surface area contributed by atoms with Crippen LogP contribution in [-0.2, 0) is 14.8 Å². The summed E-state index contributed by atoms with van der Waals surface area (Å²) in [5.74, 6) is -0.485. The number of aromatic nitrogens is 2. The maximum absolute atomic E-state index is 12.5. The number of sulfonamides is 1. The van der Waals surface area contributed by atoms with Gasteiger partial charge in [-0.3, -0.25) is 4.79 Å². The molecule has 3 aromatic rings. The Bertz CT molecular complexity index is 1240. The predicted octanol–water partition coefficient (Wildman–Crippen LogP) is 2.82. The van der Waals surface area contributed by atoms with Crippen molar-refractivity contribution in [3.63, 3.8) is 0 Å². The first-order valence-corrected chi connectivity index (χ1v) is 11.2. The molecule has 0 bridgehead atoms. The van der Waals surface area contributed by atoms with Gasteiger partial charge in [0.25, 0.3) is 5.56 Å². The van der Waals surface area contributed by atoms with Crippen molar-refractivity contribution in [1.82, 2.24) is 14.7 Å². The van der Waals surface area contributed by atoms with Crippen molar-refractivity contribution in [2.75, 3.05) is 6.54 Å². The Kier molecular flexibility index (Phi) is 5.87. The maximum Gasteiger partial charge on any atom is 0.338 e. The van der Waals surface area contributed by atoms with Crippen molar-refractivity contribution >= 4 is 37.5 Å². The van der Waals surface area contributed by atoms with E-state index in [1.165, 1.54) is 35.6 Å². The zero-order valence-corrected chi connectivity index (χ0v) is 18.0.